The molecule has 2 rings (SSSR count). The summed E-state index contributed by atoms with van der Waals surface area (Å²) in [5.41, 5.74) is 1.23. The van der Waals surface area contributed by atoms with Crippen molar-refractivity contribution < 1.29 is 8.78 Å². The molecule has 0 radical (unpaired) electrons. The Morgan fingerprint density at radius 1 is 1.29 bits per heavy atom. The van der Waals surface area contributed by atoms with Crippen molar-refractivity contribution in [3.63, 3.8) is 0 Å². The third-order valence-corrected chi connectivity index (χ3v) is 2.98. The molecule has 0 aromatic heterocycles. The predicted octanol–water partition coefficient (Wildman–Crippen LogP) is 4.18. The van der Waals surface area contributed by atoms with Crippen LogP contribution in [-0.2, 0) is 0 Å². The van der Waals surface area contributed by atoms with Crippen LogP contribution in [0.3, 0.4) is 0 Å². The minimum absolute atomic E-state index is 0.111. The van der Waals surface area contributed by atoms with E-state index < -0.39 is 17.6 Å². The first-order valence-corrected chi connectivity index (χ1v) is 5.49. The topological polar surface area (TPSA) is 23.9 Å². The first kappa shape index (κ1) is 11.7. The molecule has 0 amide bonds. The zero-order valence-electron chi connectivity index (χ0n) is 9.50. The molecule has 0 saturated carbocycles. The van der Waals surface area contributed by atoms with Gasteiger partial charge in [0.25, 0.3) is 0 Å². The normalized spacial score (nSPS) is 30.5. The molecule has 3 heteroatoms. The Morgan fingerprint density at radius 3 is 2.71 bits per heavy atom. The van der Waals surface area contributed by atoms with Crippen LogP contribution < -0.4 is 0 Å². The molecule has 0 aromatic carbocycles. The molecule has 0 heterocycles. The third-order valence-electron chi connectivity index (χ3n) is 2.98. The van der Waals surface area contributed by atoms with Gasteiger partial charge in [0.05, 0.1) is 5.71 Å². The number of hydrogen-bond donors (Lipinski definition) is 1. The summed E-state index contributed by atoms with van der Waals surface area (Å²) in [4.78, 5) is 0. The summed E-state index contributed by atoms with van der Waals surface area (Å²) in [5.74, 6) is -1.50. The average Bonchev–Trinajstić information content (AvgIpc) is 2.25. The second kappa shape index (κ2) is 4.62. The van der Waals surface area contributed by atoms with E-state index in [4.69, 9.17) is 5.41 Å². The van der Waals surface area contributed by atoms with Crippen molar-refractivity contribution in [2.24, 2.45) is 5.92 Å². The van der Waals surface area contributed by atoms with Gasteiger partial charge < -0.3 is 5.41 Å². The molecular formula is C14H13F2N. The van der Waals surface area contributed by atoms with Crippen molar-refractivity contribution in [1.29, 1.82) is 5.41 Å². The smallest absolute Gasteiger partial charge is 0.131 e. The standard InChI is InChI=1S/C14H13F2N/c1-2-9-5-3-4-6-13(17)14-11(9)7-10(15)8-12(14)16/h2-6,8,11,17H,7H2,1H3/b5-3-,6-4-,9-2?,17-13?. The zero-order valence-corrected chi connectivity index (χ0v) is 9.50. The highest BCUT2D eigenvalue weighted by molar-refractivity contribution is 6.08. The van der Waals surface area contributed by atoms with Crippen molar-refractivity contribution in [1.82, 2.24) is 0 Å². The van der Waals surface area contributed by atoms with Gasteiger partial charge in [-0.05, 0) is 18.6 Å². The lowest BCUT2D eigenvalue weighted by Crippen LogP contribution is -2.18. The molecule has 88 valence electrons. The second-order valence-corrected chi connectivity index (χ2v) is 4.03. The molecule has 1 atom stereocenters. The fraction of sp³-hybridized carbons (Fsp3) is 0.214. The van der Waals surface area contributed by atoms with Gasteiger partial charge in [-0.1, -0.05) is 24.3 Å². The summed E-state index contributed by atoms with van der Waals surface area (Å²) in [7, 11) is 0. The van der Waals surface area contributed by atoms with Gasteiger partial charge in [0.2, 0.25) is 0 Å². The number of nitrogens with one attached hydrogen (secondary N) is 1. The first-order chi connectivity index (χ1) is 8.13. The molecule has 1 N–H and O–H groups in total. The summed E-state index contributed by atoms with van der Waals surface area (Å²) in [6.45, 7) is 1.83. The quantitative estimate of drug-likeness (QED) is 0.649. The van der Waals surface area contributed by atoms with Crippen molar-refractivity contribution in [3.8, 4) is 0 Å². The van der Waals surface area contributed by atoms with Crippen LogP contribution in [0.25, 0.3) is 0 Å². The van der Waals surface area contributed by atoms with Gasteiger partial charge in [0, 0.05) is 24.0 Å². The molecule has 1 unspecified atom stereocenters. The van der Waals surface area contributed by atoms with Crippen LogP contribution in [0.15, 0.2) is 59.3 Å². The summed E-state index contributed by atoms with van der Waals surface area (Å²) in [5, 5.41) is 7.81. The van der Waals surface area contributed by atoms with Crippen molar-refractivity contribution in [2.45, 2.75) is 13.3 Å². The lowest BCUT2D eigenvalue weighted by molar-refractivity contribution is 0.512. The van der Waals surface area contributed by atoms with Crippen molar-refractivity contribution >= 4 is 5.71 Å². The summed E-state index contributed by atoms with van der Waals surface area (Å²) >= 11 is 0. The lowest BCUT2D eigenvalue weighted by atomic mass is 9.80. The van der Waals surface area contributed by atoms with Crippen LogP contribution in [-0.4, -0.2) is 5.71 Å². The Bertz CT molecular complexity index is 504. The molecule has 0 fully saturated rings. The van der Waals surface area contributed by atoms with E-state index in [0.29, 0.717) is 0 Å². The second-order valence-electron chi connectivity index (χ2n) is 4.03. The van der Waals surface area contributed by atoms with Crippen LogP contribution in [0.4, 0.5) is 8.78 Å². The molecule has 17 heavy (non-hydrogen) atoms. The highest BCUT2D eigenvalue weighted by Crippen LogP contribution is 2.37. The highest BCUT2D eigenvalue weighted by Gasteiger charge is 2.28. The summed E-state index contributed by atoms with van der Waals surface area (Å²) in [6, 6.07) is 0. The van der Waals surface area contributed by atoms with E-state index in [9.17, 15) is 8.78 Å². The Labute approximate surface area is 99.0 Å². The fourth-order valence-electron chi connectivity index (χ4n) is 2.16. The van der Waals surface area contributed by atoms with Gasteiger partial charge in [-0.15, -0.1) is 0 Å². The van der Waals surface area contributed by atoms with Gasteiger partial charge in [-0.25, -0.2) is 8.78 Å². The zero-order chi connectivity index (χ0) is 12.4. The Kier molecular flexibility index (Phi) is 3.18. The third kappa shape index (κ3) is 2.18. The lowest BCUT2D eigenvalue weighted by Gasteiger charge is -2.25. The fourth-order valence-corrected chi connectivity index (χ4v) is 2.16. The summed E-state index contributed by atoms with van der Waals surface area (Å²) < 4.78 is 27.1. The van der Waals surface area contributed by atoms with Gasteiger partial charge >= 0.3 is 0 Å². The van der Waals surface area contributed by atoms with E-state index in [0.717, 1.165) is 11.6 Å². The van der Waals surface area contributed by atoms with Gasteiger partial charge in [0.15, 0.2) is 0 Å². The van der Waals surface area contributed by atoms with E-state index in [1.165, 1.54) is 6.08 Å². The van der Waals surface area contributed by atoms with E-state index in [1.54, 1.807) is 12.2 Å². The molecule has 0 aromatic rings. The van der Waals surface area contributed by atoms with E-state index in [1.807, 2.05) is 19.1 Å². The van der Waals surface area contributed by atoms with Crippen molar-refractivity contribution in [3.05, 3.63) is 59.3 Å². The molecule has 1 nitrogen and oxygen atoms in total. The molecule has 0 bridgehead atoms. The van der Waals surface area contributed by atoms with Gasteiger partial charge in [0.1, 0.15) is 11.7 Å². The molecule has 0 saturated heterocycles. The van der Waals surface area contributed by atoms with Gasteiger partial charge in [-0.3, -0.25) is 0 Å². The average molecular weight is 233 g/mol. The maximum Gasteiger partial charge on any atom is 0.131 e. The Hall–Kier alpha value is -1.77. The van der Waals surface area contributed by atoms with E-state index in [-0.39, 0.29) is 17.7 Å². The van der Waals surface area contributed by atoms with Crippen LogP contribution in [0.2, 0.25) is 0 Å². The largest absolute Gasteiger partial charge is 0.300 e. The minimum atomic E-state index is -0.636. The van der Waals surface area contributed by atoms with Gasteiger partial charge in [-0.2, -0.15) is 0 Å². The maximum absolute atomic E-state index is 13.8. The molecule has 2 aliphatic rings. The number of allylic oxidation sites excluding steroid dienone is 10. The van der Waals surface area contributed by atoms with E-state index in [2.05, 4.69) is 0 Å². The maximum atomic E-state index is 13.8. The molecular weight excluding hydrogens is 220 g/mol. The van der Waals surface area contributed by atoms with Crippen LogP contribution in [0.1, 0.15) is 13.3 Å². The highest BCUT2D eigenvalue weighted by atomic mass is 19.1. The Morgan fingerprint density at radius 2 is 2.00 bits per heavy atom. The first-order valence-electron chi connectivity index (χ1n) is 5.49. The summed E-state index contributed by atoms with van der Waals surface area (Å²) in [6.07, 6.45) is 9.68. The SMILES string of the molecule is CC=C1/C=C\C=C/C(=N)C2=C(F)C=C(F)CC12. The minimum Gasteiger partial charge on any atom is -0.300 e. The number of hydrogen-bond acceptors (Lipinski definition) is 1. The van der Waals surface area contributed by atoms with Crippen LogP contribution >= 0.6 is 0 Å². The molecule has 2 aliphatic carbocycles. The monoisotopic (exact) mass is 233 g/mol. The van der Waals surface area contributed by atoms with E-state index >= 15 is 0 Å². The van der Waals surface area contributed by atoms with Crippen LogP contribution in [0.5, 0.6) is 0 Å². The number of halogens is 2. The molecule has 0 spiro atoms. The number of fused-ring (bicyclic) bond motifs is 1. The Balaban J connectivity index is 2.59. The van der Waals surface area contributed by atoms with Crippen molar-refractivity contribution in [2.75, 3.05) is 0 Å². The predicted molar refractivity (Wildman–Crippen MR) is 65.2 cm³/mol. The van der Waals surface area contributed by atoms with Crippen LogP contribution in [0, 0.1) is 11.3 Å². The number of rotatable bonds is 0. The molecule has 0 aliphatic heterocycles.